The maximum absolute atomic E-state index is 12.8. The lowest BCUT2D eigenvalue weighted by Crippen LogP contribution is -2.25. The summed E-state index contributed by atoms with van der Waals surface area (Å²) in [6, 6.07) is 18.3. The lowest BCUT2D eigenvalue weighted by Gasteiger charge is -2.17. The second-order valence-corrected chi connectivity index (χ2v) is 8.26. The van der Waals surface area contributed by atoms with Crippen LogP contribution in [0.1, 0.15) is 26.4 Å². The fourth-order valence-corrected chi connectivity index (χ4v) is 4.81. The number of fused-ring (bicyclic) bond motifs is 3. The van der Waals surface area contributed by atoms with Gasteiger partial charge in [0.2, 0.25) is 0 Å². The first kappa shape index (κ1) is 17.9. The van der Waals surface area contributed by atoms with Crippen molar-refractivity contribution in [2.75, 3.05) is 11.9 Å². The van der Waals surface area contributed by atoms with E-state index in [9.17, 15) is 4.79 Å². The fourth-order valence-electron chi connectivity index (χ4n) is 3.91. The Morgan fingerprint density at radius 3 is 2.62 bits per heavy atom. The van der Waals surface area contributed by atoms with Crippen molar-refractivity contribution in [2.45, 2.75) is 19.8 Å². The number of rotatable bonds is 3. The highest BCUT2D eigenvalue weighted by Gasteiger charge is 2.25. The number of carbonyl (C=O) groups is 1. The molecule has 1 aliphatic rings. The monoisotopic (exact) mass is 400 g/mol. The lowest BCUT2D eigenvalue weighted by atomic mass is 9.88. The summed E-state index contributed by atoms with van der Waals surface area (Å²) in [4.78, 5) is 15.2. The zero-order valence-electron chi connectivity index (χ0n) is 16.3. The van der Waals surface area contributed by atoms with E-state index in [1.807, 2.05) is 55.7 Å². The maximum Gasteiger partial charge on any atom is 0.268 e. The van der Waals surface area contributed by atoms with E-state index in [1.54, 1.807) is 4.90 Å². The van der Waals surface area contributed by atoms with Crippen LogP contribution in [0.25, 0.3) is 22.6 Å². The third kappa shape index (κ3) is 2.98. The van der Waals surface area contributed by atoms with Crippen LogP contribution in [0.3, 0.4) is 0 Å². The predicted molar refractivity (Wildman–Crippen MR) is 117 cm³/mol. The van der Waals surface area contributed by atoms with Crippen LogP contribution >= 0.6 is 11.3 Å². The number of amides is 1. The number of aromatic nitrogens is 1. The second-order valence-electron chi connectivity index (χ2n) is 7.34. The van der Waals surface area contributed by atoms with Gasteiger partial charge in [0.1, 0.15) is 5.69 Å². The molecule has 2 aromatic heterocycles. The molecule has 0 N–H and O–H groups in total. The molecule has 0 fully saturated rings. The molecule has 0 atom stereocenters. The van der Waals surface area contributed by atoms with Gasteiger partial charge in [0.15, 0.2) is 5.76 Å². The van der Waals surface area contributed by atoms with Crippen LogP contribution < -0.4 is 4.90 Å². The van der Waals surface area contributed by atoms with Gasteiger partial charge >= 0.3 is 0 Å². The summed E-state index contributed by atoms with van der Waals surface area (Å²) in [7, 11) is 1.81. The van der Waals surface area contributed by atoms with Gasteiger partial charge < -0.3 is 9.42 Å². The normalized spacial score (nSPS) is 12.3. The highest BCUT2D eigenvalue weighted by atomic mass is 32.1. The molecular weight excluding hydrogens is 380 g/mol. The first-order chi connectivity index (χ1) is 14.1. The number of thiophene rings is 1. The number of nitrogens with zero attached hydrogens (tertiary/aromatic N) is 2. The molecule has 5 heteroatoms. The Balaban J connectivity index is 1.44. The first-order valence-corrected chi connectivity index (χ1v) is 10.5. The van der Waals surface area contributed by atoms with Crippen molar-refractivity contribution >= 4 is 22.9 Å². The molecule has 0 unspecified atom stereocenters. The summed E-state index contributed by atoms with van der Waals surface area (Å²) in [6.07, 6.45) is 1.91. The van der Waals surface area contributed by atoms with Gasteiger partial charge in [-0.2, -0.15) is 0 Å². The summed E-state index contributed by atoms with van der Waals surface area (Å²) in [5.41, 5.74) is 7.44. The largest absolute Gasteiger partial charge is 0.355 e. The molecule has 0 spiro atoms. The summed E-state index contributed by atoms with van der Waals surface area (Å²) in [5, 5.41) is 6.31. The highest BCUT2D eigenvalue weighted by molar-refractivity contribution is 7.12. The fraction of sp³-hybridized carbons (Fsp3) is 0.167. The minimum absolute atomic E-state index is 0.0129. The molecule has 29 heavy (non-hydrogen) atoms. The first-order valence-electron chi connectivity index (χ1n) is 9.63. The predicted octanol–water partition coefficient (Wildman–Crippen LogP) is 5.75. The van der Waals surface area contributed by atoms with E-state index in [2.05, 4.69) is 23.4 Å². The molecule has 0 bridgehead atoms. The van der Waals surface area contributed by atoms with Gasteiger partial charge in [-0.25, -0.2) is 0 Å². The molecule has 1 amide bonds. The third-order valence-corrected chi connectivity index (χ3v) is 6.59. The van der Waals surface area contributed by atoms with Crippen LogP contribution in [-0.4, -0.2) is 18.1 Å². The van der Waals surface area contributed by atoms with Crippen molar-refractivity contribution in [3.05, 3.63) is 81.5 Å². The van der Waals surface area contributed by atoms with Crippen LogP contribution in [0.15, 0.2) is 64.5 Å². The molecule has 4 nitrogen and oxygen atoms in total. The van der Waals surface area contributed by atoms with Crippen molar-refractivity contribution < 1.29 is 9.32 Å². The Labute approximate surface area is 173 Å². The average molecular weight is 401 g/mol. The van der Waals surface area contributed by atoms with Gasteiger partial charge in [-0.1, -0.05) is 29.4 Å². The molecule has 0 saturated carbocycles. The number of aryl methyl sites for hydroxylation is 2. The zero-order valence-corrected chi connectivity index (χ0v) is 17.1. The van der Waals surface area contributed by atoms with Crippen LogP contribution in [0.5, 0.6) is 0 Å². The zero-order chi connectivity index (χ0) is 20.0. The van der Waals surface area contributed by atoms with Gasteiger partial charge in [-0.3, -0.25) is 4.79 Å². The Morgan fingerprint density at radius 2 is 1.86 bits per heavy atom. The second kappa shape index (κ2) is 7.01. The number of hydrogen-bond donors (Lipinski definition) is 0. The number of anilines is 1. The van der Waals surface area contributed by atoms with E-state index in [-0.39, 0.29) is 5.91 Å². The van der Waals surface area contributed by atoms with Gasteiger partial charge in [-0.15, -0.1) is 11.3 Å². The molecule has 4 aromatic rings. The molecule has 2 heterocycles. The van der Waals surface area contributed by atoms with Gasteiger partial charge in [0, 0.05) is 29.4 Å². The van der Waals surface area contributed by atoms with E-state index in [4.69, 9.17) is 4.52 Å². The average Bonchev–Trinajstić information content (AvgIpc) is 3.39. The van der Waals surface area contributed by atoms with Crippen molar-refractivity contribution in [2.24, 2.45) is 0 Å². The van der Waals surface area contributed by atoms with E-state index in [0.717, 1.165) is 57.1 Å². The Kier molecular flexibility index (Phi) is 4.32. The van der Waals surface area contributed by atoms with Crippen molar-refractivity contribution in [1.82, 2.24) is 5.16 Å². The minimum atomic E-state index is 0.0129. The molecule has 0 saturated heterocycles. The van der Waals surface area contributed by atoms with Crippen LogP contribution in [-0.2, 0) is 12.8 Å². The summed E-state index contributed by atoms with van der Waals surface area (Å²) in [5.74, 6) is 0.836. The lowest BCUT2D eigenvalue weighted by molar-refractivity contribution is 0.0996. The molecule has 144 valence electrons. The number of hydrogen-bond acceptors (Lipinski definition) is 4. The minimum Gasteiger partial charge on any atom is -0.355 e. The SMILES string of the molecule is Cc1ccsc1C(=O)N(C)c1ccc(-c2onc3c2CCc2ccccc2-3)cc1. The maximum atomic E-state index is 12.8. The number of benzene rings is 2. The van der Waals surface area contributed by atoms with E-state index in [0.29, 0.717) is 0 Å². The van der Waals surface area contributed by atoms with Crippen molar-refractivity contribution in [3.8, 4) is 22.6 Å². The van der Waals surface area contributed by atoms with Crippen LogP contribution in [0, 0.1) is 6.92 Å². The van der Waals surface area contributed by atoms with Crippen molar-refractivity contribution in [1.29, 1.82) is 0 Å². The molecular formula is C24H20N2O2S. The molecule has 5 rings (SSSR count). The smallest absolute Gasteiger partial charge is 0.268 e. The van der Waals surface area contributed by atoms with Crippen LogP contribution in [0.4, 0.5) is 5.69 Å². The molecule has 2 aromatic carbocycles. The van der Waals surface area contributed by atoms with Gasteiger partial charge in [0.25, 0.3) is 5.91 Å². The summed E-state index contributed by atoms with van der Waals surface area (Å²) >= 11 is 1.48. The Bertz CT molecular complexity index is 1200. The van der Waals surface area contributed by atoms with E-state index in [1.165, 1.54) is 16.9 Å². The van der Waals surface area contributed by atoms with Gasteiger partial charge in [0.05, 0.1) is 4.88 Å². The molecule has 0 radical (unpaired) electrons. The summed E-state index contributed by atoms with van der Waals surface area (Å²) < 4.78 is 5.75. The molecule has 1 aliphatic carbocycles. The van der Waals surface area contributed by atoms with Crippen LogP contribution in [0.2, 0.25) is 0 Å². The van der Waals surface area contributed by atoms with Crippen molar-refractivity contribution in [3.63, 3.8) is 0 Å². The Hall–Kier alpha value is -3.18. The topological polar surface area (TPSA) is 46.3 Å². The number of carbonyl (C=O) groups excluding carboxylic acids is 1. The van der Waals surface area contributed by atoms with Gasteiger partial charge in [-0.05, 0) is 66.6 Å². The Morgan fingerprint density at radius 1 is 1.07 bits per heavy atom. The highest BCUT2D eigenvalue weighted by Crippen LogP contribution is 2.38. The van der Waals surface area contributed by atoms with E-state index >= 15 is 0 Å². The summed E-state index contributed by atoms with van der Waals surface area (Å²) in [6.45, 7) is 1.96. The molecule has 0 aliphatic heterocycles. The standard InChI is InChI=1S/C24H20N2O2S/c1-15-13-14-29-23(15)24(27)26(2)18-10-7-17(8-11-18)22-20-12-9-16-5-3-4-6-19(16)21(20)25-28-22/h3-8,10-11,13-14H,9,12H2,1-2H3. The quantitative estimate of drug-likeness (QED) is 0.440. The third-order valence-electron chi connectivity index (χ3n) is 5.58. The van der Waals surface area contributed by atoms with E-state index < -0.39 is 0 Å².